The first-order valence-electron chi connectivity index (χ1n) is 9.98. The lowest BCUT2D eigenvalue weighted by atomic mass is 9.76. The second-order valence-corrected chi connectivity index (χ2v) is 7.76. The summed E-state index contributed by atoms with van der Waals surface area (Å²) in [7, 11) is 0. The van der Waals surface area contributed by atoms with Crippen LogP contribution >= 0.6 is 0 Å². The van der Waals surface area contributed by atoms with Crippen LogP contribution in [-0.4, -0.2) is 54.4 Å². The number of rotatable bonds is 9. The number of benzene rings is 1. The molecule has 0 saturated carbocycles. The quantitative estimate of drug-likeness (QED) is 0.533. The molecule has 3 fully saturated rings. The average molecular weight is 373 g/mol. The van der Waals surface area contributed by atoms with Crippen LogP contribution in [-0.2, 0) is 16.0 Å². The van der Waals surface area contributed by atoms with E-state index in [-0.39, 0.29) is 11.9 Å². The Labute approximate surface area is 162 Å². The summed E-state index contributed by atoms with van der Waals surface area (Å²) in [6.45, 7) is 9.16. The summed E-state index contributed by atoms with van der Waals surface area (Å²) >= 11 is 0. The van der Waals surface area contributed by atoms with Gasteiger partial charge in [-0.15, -0.1) is 6.58 Å². The van der Waals surface area contributed by atoms with Crippen LogP contribution < -0.4 is 4.74 Å². The topological polar surface area (TPSA) is 59.0 Å². The third-order valence-corrected chi connectivity index (χ3v) is 5.81. The lowest BCUT2D eigenvalue weighted by Gasteiger charge is -2.50. The molecule has 0 aliphatic carbocycles. The number of hydrogen-bond donors (Lipinski definition) is 1. The Morgan fingerprint density at radius 2 is 2.07 bits per heavy atom. The fraction of sp³-hybridized carbons (Fsp3) is 0.591. The van der Waals surface area contributed by atoms with Gasteiger partial charge in [0.05, 0.1) is 12.5 Å². The maximum Gasteiger partial charge on any atom is 0.309 e. The molecule has 1 N–H and O–H groups in total. The molecule has 27 heavy (non-hydrogen) atoms. The number of fused-ring (bicyclic) bond motifs is 3. The average Bonchev–Trinajstić information content (AvgIpc) is 2.68. The van der Waals surface area contributed by atoms with Crippen LogP contribution in [0.1, 0.15) is 31.7 Å². The van der Waals surface area contributed by atoms with Gasteiger partial charge in [0.2, 0.25) is 0 Å². The number of hydrogen-bond acceptors (Lipinski definition) is 5. The van der Waals surface area contributed by atoms with Crippen LogP contribution in [0.15, 0.2) is 36.9 Å². The Kier molecular flexibility index (Phi) is 6.55. The van der Waals surface area contributed by atoms with Gasteiger partial charge in [0.25, 0.3) is 0 Å². The SMILES string of the molecule is C=CCC(Cc1ccc(OCC2(O)CN3CCC2CC3)cc1)C(=O)OCC. The number of allylic oxidation sites excluding steroid dienone is 1. The van der Waals surface area contributed by atoms with E-state index >= 15 is 0 Å². The van der Waals surface area contributed by atoms with Crippen molar-refractivity contribution in [3.8, 4) is 5.75 Å². The fourth-order valence-electron chi connectivity index (χ4n) is 4.25. The number of carbonyl (C=O) groups excluding carboxylic acids is 1. The lowest BCUT2D eigenvalue weighted by Crippen LogP contribution is -2.61. The fourth-order valence-corrected chi connectivity index (χ4v) is 4.25. The Balaban J connectivity index is 1.55. The third kappa shape index (κ3) is 4.90. The molecule has 1 aromatic carbocycles. The highest BCUT2D eigenvalue weighted by molar-refractivity contribution is 5.73. The zero-order valence-corrected chi connectivity index (χ0v) is 16.2. The van der Waals surface area contributed by atoms with Crippen molar-refractivity contribution in [3.05, 3.63) is 42.5 Å². The van der Waals surface area contributed by atoms with Gasteiger partial charge in [-0.1, -0.05) is 18.2 Å². The number of esters is 1. The van der Waals surface area contributed by atoms with Crippen molar-refractivity contribution >= 4 is 5.97 Å². The molecule has 0 aromatic heterocycles. The van der Waals surface area contributed by atoms with Gasteiger partial charge in [-0.05, 0) is 69.3 Å². The van der Waals surface area contributed by atoms with Gasteiger partial charge < -0.3 is 19.5 Å². The minimum atomic E-state index is -0.742. The number of nitrogens with zero attached hydrogens (tertiary/aromatic N) is 1. The maximum absolute atomic E-state index is 12.1. The highest BCUT2D eigenvalue weighted by Gasteiger charge is 2.45. The summed E-state index contributed by atoms with van der Waals surface area (Å²) in [5.74, 6) is 0.704. The molecule has 2 unspecified atom stereocenters. The Morgan fingerprint density at radius 3 is 2.63 bits per heavy atom. The van der Waals surface area contributed by atoms with Crippen molar-refractivity contribution in [2.45, 2.75) is 38.2 Å². The number of carbonyl (C=O) groups is 1. The van der Waals surface area contributed by atoms with Gasteiger partial charge >= 0.3 is 5.97 Å². The molecule has 5 nitrogen and oxygen atoms in total. The molecular weight excluding hydrogens is 342 g/mol. The molecule has 2 bridgehead atoms. The number of piperidine rings is 3. The molecule has 0 spiro atoms. The summed E-state index contributed by atoms with van der Waals surface area (Å²) < 4.78 is 11.1. The zero-order valence-electron chi connectivity index (χ0n) is 16.2. The molecule has 4 rings (SSSR count). The highest BCUT2D eigenvalue weighted by atomic mass is 16.5. The van der Waals surface area contributed by atoms with Gasteiger partial charge in [-0.25, -0.2) is 0 Å². The van der Waals surface area contributed by atoms with E-state index in [1.807, 2.05) is 31.2 Å². The monoisotopic (exact) mass is 373 g/mol. The van der Waals surface area contributed by atoms with E-state index < -0.39 is 5.60 Å². The van der Waals surface area contributed by atoms with Crippen molar-refractivity contribution < 1.29 is 19.4 Å². The van der Waals surface area contributed by atoms with Crippen molar-refractivity contribution in [2.24, 2.45) is 11.8 Å². The molecule has 5 heteroatoms. The third-order valence-electron chi connectivity index (χ3n) is 5.81. The van der Waals surface area contributed by atoms with Crippen molar-refractivity contribution in [1.82, 2.24) is 4.90 Å². The summed E-state index contributed by atoms with van der Waals surface area (Å²) in [4.78, 5) is 14.4. The van der Waals surface area contributed by atoms with Gasteiger partial charge in [-0.2, -0.15) is 0 Å². The predicted molar refractivity (Wildman–Crippen MR) is 105 cm³/mol. The highest BCUT2D eigenvalue weighted by Crippen LogP contribution is 2.36. The minimum Gasteiger partial charge on any atom is -0.491 e. The van der Waals surface area contributed by atoms with E-state index in [1.165, 1.54) is 0 Å². The molecule has 2 atom stereocenters. The first kappa shape index (κ1) is 19.9. The first-order valence-corrected chi connectivity index (χ1v) is 9.98. The Morgan fingerprint density at radius 1 is 1.37 bits per heavy atom. The summed E-state index contributed by atoms with van der Waals surface area (Å²) in [5.41, 5.74) is 0.317. The Hall–Kier alpha value is -1.85. The summed E-state index contributed by atoms with van der Waals surface area (Å²) in [6, 6.07) is 7.78. The van der Waals surface area contributed by atoms with Gasteiger partial charge in [0, 0.05) is 6.54 Å². The lowest BCUT2D eigenvalue weighted by molar-refractivity contribution is -0.147. The Bertz CT molecular complexity index is 636. The van der Waals surface area contributed by atoms with Crippen molar-refractivity contribution in [1.29, 1.82) is 0 Å². The normalized spacial score (nSPS) is 27.8. The van der Waals surface area contributed by atoms with Crippen molar-refractivity contribution in [3.63, 3.8) is 0 Å². The van der Waals surface area contributed by atoms with Gasteiger partial charge in [0.15, 0.2) is 0 Å². The summed E-state index contributed by atoms with van der Waals surface area (Å²) in [6.07, 6.45) is 5.08. The first-order chi connectivity index (χ1) is 13.0. The van der Waals surface area contributed by atoms with Crippen LogP contribution in [0.4, 0.5) is 0 Å². The molecule has 3 heterocycles. The predicted octanol–water partition coefficient (Wildman–Crippen LogP) is 2.82. The number of aliphatic hydroxyl groups is 1. The zero-order chi connectivity index (χ0) is 19.3. The van der Waals surface area contributed by atoms with Gasteiger partial charge in [-0.3, -0.25) is 4.79 Å². The second-order valence-electron chi connectivity index (χ2n) is 7.76. The van der Waals surface area contributed by atoms with E-state index in [2.05, 4.69) is 11.5 Å². The minimum absolute atomic E-state index is 0.178. The largest absolute Gasteiger partial charge is 0.491 e. The van der Waals surface area contributed by atoms with Crippen molar-refractivity contribution in [2.75, 3.05) is 32.8 Å². The van der Waals surface area contributed by atoms with Crippen LogP contribution in [0.5, 0.6) is 5.75 Å². The molecule has 148 valence electrons. The van der Waals surface area contributed by atoms with E-state index in [1.54, 1.807) is 6.08 Å². The van der Waals surface area contributed by atoms with E-state index in [4.69, 9.17) is 9.47 Å². The molecule has 3 aliphatic heterocycles. The smallest absolute Gasteiger partial charge is 0.309 e. The van der Waals surface area contributed by atoms with E-state index in [0.29, 0.717) is 38.5 Å². The van der Waals surface area contributed by atoms with Crippen LogP contribution in [0.2, 0.25) is 0 Å². The second kappa shape index (κ2) is 8.89. The molecular formula is C22H31NO4. The number of ether oxygens (including phenoxy) is 2. The van der Waals surface area contributed by atoms with E-state index in [0.717, 1.165) is 37.2 Å². The molecule has 0 radical (unpaired) electrons. The molecule has 3 aliphatic rings. The maximum atomic E-state index is 12.1. The molecule has 0 amide bonds. The summed E-state index contributed by atoms with van der Waals surface area (Å²) in [5, 5.41) is 10.9. The molecule has 3 saturated heterocycles. The van der Waals surface area contributed by atoms with E-state index in [9.17, 15) is 9.90 Å². The van der Waals surface area contributed by atoms with Crippen LogP contribution in [0, 0.1) is 11.8 Å². The standard InChI is InChI=1S/C22H31NO4/c1-3-5-18(21(24)26-4-2)14-17-6-8-20(9-7-17)27-16-22(25)15-23-12-10-19(22)11-13-23/h3,6-9,18-19,25H,1,4-5,10-16H2,2H3. The van der Waals surface area contributed by atoms with Gasteiger partial charge in [0.1, 0.15) is 18.0 Å². The van der Waals surface area contributed by atoms with Crippen LogP contribution in [0.25, 0.3) is 0 Å². The van der Waals surface area contributed by atoms with Crippen LogP contribution in [0.3, 0.4) is 0 Å². The molecule has 1 aromatic rings.